The zero-order valence-electron chi connectivity index (χ0n) is 13.0. The molecule has 0 radical (unpaired) electrons. The van der Waals surface area contributed by atoms with Crippen LogP contribution in [0, 0.1) is 5.92 Å². The van der Waals surface area contributed by atoms with Crippen molar-refractivity contribution in [2.45, 2.75) is 51.6 Å². The first-order chi connectivity index (χ1) is 10.2. The van der Waals surface area contributed by atoms with E-state index in [1.807, 2.05) is 0 Å². The number of amides is 1. The predicted octanol–water partition coefficient (Wildman–Crippen LogP) is 2.74. The first-order valence-electron chi connectivity index (χ1n) is 8.32. The molecule has 1 N–H and O–H groups in total. The van der Waals surface area contributed by atoms with Gasteiger partial charge in [0.15, 0.2) is 0 Å². The number of carbonyl (C=O) groups is 1. The summed E-state index contributed by atoms with van der Waals surface area (Å²) < 4.78 is 0. The number of carbonyl (C=O) groups excluding carboxylic acids is 1. The van der Waals surface area contributed by atoms with E-state index in [0.29, 0.717) is 6.04 Å². The average Bonchev–Trinajstić information content (AvgIpc) is 3.06. The minimum atomic E-state index is 0.275. The molecule has 3 nitrogen and oxygen atoms in total. The van der Waals surface area contributed by atoms with Crippen LogP contribution in [0.15, 0.2) is 24.3 Å². The van der Waals surface area contributed by atoms with Crippen molar-refractivity contribution in [3.8, 4) is 0 Å². The number of rotatable bonds is 4. The van der Waals surface area contributed by atoms with Gasteiger partial charge in [0.1, 0.15) is 0 Å². The molecule has 1 saturated carbocycles. The molecular weight excluding hydrogens is 260 g/mol. The summed E-state index contributed by atoms with van der Waals surface area (Å²) in [6, 6.07) is 9.11. The van der Waals surface area contributed by atoms with Crippen molar-refractivity contribution >= 4 is 5.91 Å². The molecule has 21 heavy (non-hydrogen) atoms. The van der Waals surface area contributed by atoms with Gasteiger partial charge < -0.3 is 5.32 Å². The van der Waals surface area contributed by atoms with Crippen molar-refractivity contribution in [3.05, 3.63) is 35.4 Å². The van der Waals surface area contributed by atoms with E-state index in [-0.39, 0.29) is 11.8 Å². The fraction of sp³-hybridized carbons (Fsp3) is 0.611. The maximum absolute atomic E-state index is 12.1. The van der Waals surface area contributed by atoms with Crippen LogP contribution in [0.4, 0.5) is 0 Å². The van der Waals surface area contributed by atoms with Gasteiger partial charge in [-0.25, -0.2) is 0 Å². The fourth-order valence-electron chi connectivity index (χ4n) is 3.60. The highest BCUT2D eigenvalue weighted by Gasteiger charge is 2.24. The smallest absolute Gasteiger partial charge is 0.223 e. The molecule has 1 aliphatic heterocycles. The van der Waals surface area contributed by atoms with Crippen LogP contribution in [0.1, 0.15) is 43.7 Å². The van der Waals surface area contributed by atoms with Crippen molar-refractivity contribution in [3.63, 3.8) is 0 Å². The molecule has 1 aromatic rings. The Morgan fingerprint density at radius 2 is 2.00 bits per heavy atom. The van der Waals surface area contributed by atoms with E-state index in [4.69, 9.17) is 0 Å². The molecule has 3 rings (SSSR count). The van der Waals surface area contributed by atoms with Crippen LogP contribution in [0.25, 0.3) is 0 Å². The molecule has 0 spiro atoms. The third-order valence-electron chi connectivity index (χ3n) is 5.08. The zero-order chi connectivity index (χ0) is 14.7. The maximum Gasteiger partial charge on any atom is 0.223 e. The summed E-state index contributed by atoms with van der Waals surface area (Å²) in [5.41, 5.74) is 2.92. The van der Waals surface area contributed by atoms with E-state index in [1.165, 1.54) is 24.0 Å². The van der Waals surface area contributed by atoms with E-state index in [1.54, 1.807) is 0 Å². The summed E-state index contributed by atoms with van der Waals surface area (Å²) in [5, 5.41) is 3.17. The minimum Gasteiger partial charge on any atom is -0.354 e. The van der Waals surface area contributed by atoms with Gasteiger partial charge in [-0.15, -0.1) is 0 Å². The van der Waals surface area contributed by atoms with Gasteiger partial charge in [0.25, 0.3) is 0 Å². The Bertz CT molecular complexity index is 494. The molecule has 114 valence electrons. The van der Waals surface area contributed by atoms with Crippen molar-refractivity contribution < 1.29 is 4.79 Å². The Hall–Kier alpha value is -1.35. The van der Waals surface area contributed by atoms with E-state index in [0.717, 1.165) is 38.9 Å². The normalized spacial score (nSPS) is 21.0. The van der Waals surface area contributed by atoms with Crippen molar-refractivity contribution in [1.82, 2.24) is 10.2 Å². The Labute approximate surface area is 127 Å². The number of nitrogens with zero attached hydrogens (tertiary/aromatic N) is 1. The van der Waals surface area contributed by atoms with Crippen LogP contribution < -0.4 is 5.32 Å². The molecule has 0 aromatic heterocycles. The van der Waals surface area contributed by atoms with Gasteiger partial charge in [-0.2, -0.15) is 0 Å². The maximum atomic E-state index is 12.1. The Balaban J connectivity index is 1.50. The largest absolute Gasteiger partial charge is 0.354 e. The van der Waals surface area contributed by atoms with Gasteiger partial charge >= 0.3 is 0 Å². The molecule has 1 atom stereocenters. The summed E-state index contributed by atoms with van der Waals surface area (Å²) in [6.45, 7) is 5.11. The molecule has 0 unspecified atom stereocenters. The SMILES string of the molecule is C[C@H](CNC(=O)C1CCCC1)N1CCc2ccccc2C1. The highest BCUT2D eigenvalue weighted by molar-refractivity contribution is 5.78. The summed E-state index contributed by atoms with van der Waals surface area (Å²) >= 11 is 0. The van der Waals surface area contributed by atoms with Crippen LogP contribution in [-0.2, 0) is 17.8 Å². The quantitative estimate of drug-likeness (QED) is 0.923. The molecule has 1 heterocycles. The highest BCUT2D eigenvalue weighted by Crippen LogP contribution is 2.25. The second-order valence-corrected chi connectivity index (χ2v) is 6.56. The van der Waals surface area contributed by atoms with Crippen LogP contribution in [0.3, 0.4) is 0 Å². The summed E-state index contributed by atoms with van der Waals surface area (Å²) in [4.78, 5) is 14.6. The number of fused-ring (bicyclic) bond motifs is 1. The Kier molecular flexibility index (Phi) is 4.59. The van der Waals surface area contributed by atoms with Gasteiger partial charge in [0.2, 0.25) is 5.91 Å². The lowest BCUT2D eigenvalue weighted by Crippen LogP contribution is -2.45. The van der Waals surface area contributed by atoms with Crippen molar-refractivity contribution in [2.75, 3.05) is 13.1 Å². The number of nitrogens with one attached hydrogen (secondary N) is 1. The van der Waals surface area contributed by atoms with Crippen LogP contribution >= 0.6 is 0 Å². The van der Waals surface area contributed by atoms with E-state index < -0.39 is 0 Å². The standard InChI is InChI=1S/C18H26N2O/c1-14(12-19-18(21)16-7-3-4-8-16)20-11-10-15-6-2-5-9-17(15)13-20/h2,5-6,9,14,16H,3-4,7-8,10-13H2,1H3,(H,19,21)/t14-/m1/s1. The number of benzene rings is 1. The molecule has 0 saturated heterocycles. The van der Waals surface area contributed by atoms with Crippen LogP contribution in [-0.4, -0.2) is 29.9 Å². The summed E-state index contributed by atoms with van der Waals surface area (Å²) in [5.74, 6) is 0.552. The zero-order valence-corrected chi connectivity index (χ0v) is 13.0. The first kappa shape index (κ1) is 14.6. The third kappa shape index (κ3) is 3.46. The monoisotopic (exact) mass is 286 g/mol. The van der Waals surface area contributed by atoms with Gasteiger partial charge in [-0.1, -0.05) is 37.1 Å². The van der Waals surface area contributed by atoms with Crippen molar-refractivity contribution in [1.29, 1.82) is 0 Å². The fourth-order valence-corrected chi connectivity index (χ4v) is 3.60. The molecule has 0 bridgehead atoms. The van der Waals surface area contributed by atoms with Gasteiger partial charge in [0, 0.05) is 31.6 Å². The summed E-state index contributed by atoms with van der Waals surface area (Å²) in [6.07, 6.45) is 5.72. The average molecular weight is 286 g/mol. The van der Waals surface area contributed by atoms with Crippen LogP contribution in [0.2, 0.25) is 0 Å². The predicted molar refractivity (Wildman–Crippen MR) is 85.0 cm³/mol. The van der Waals surface area contributed by atoms with E-state index in [9.17, 15) is 4.79 Å². The molecule has 1 aliphatic carbocycles. The highest BCUT2D eigenvalue weighted by atomic mass is 16.1. The minimum absolute atomic E-state index is 0.275. The van der Waals surface area contributed by atoms with Crippen molar-refractivity contribution in [2.24, 2.45) is 5.92 Å². The van der Waals surface area contributed by atoms with Gasteiger partial charge in [0.05, 0.1) is 0 Å². The topological polar surface area (TPSA) is 32.3 Å². The Morgan fingerprint density at radius 3 is 2.76 bits per heavy atom. The lowest BCUT2D eigenvalue weighted by atomic mass is 9.99. The third-order valence-corrected chi connectivity index (χ3v) is 5.08. The Morgan fingerprint density at radius 1 is 1.29 bits per heavy atom. The van der Waals surface area contributed by atoms with Gasteiger partial charge in [-0.3, -0.25) is 9.69 Å². The molecular formula is C18H26N2O. The number of hydrogen-bond acceptors (Lipinski definition) is 2. The summed E-state index contributed by atoms with van der Waals surface area (Å²) in [7, 11) is 0. The molecule has 1 amide bonds. The second kappa shape index (κ2) is 6.61. The molecule has 2 aliphatic rings. The van der Waals surface area contributed by atoms with E-state index >= 15 is 0 Å². The van der Waals surface area contributed by atoms with Gasteiger partial charge in [-0.05, 0) is 37.3 Å². The lowest BCUT2D eigenvalue weighted by molar-refractivity contribution is -0.125. The molecule has 1 aromatic carbocycles. The first-order valence-corrected chi connectivity index (χ1v) is 8.32. The molecule has 1 fully saturated rings. The lowest BCUT2D eigenvalue weighted by Gasteiger charge is -2.34. The molecule has 3 heteroatoms. The van der Waals surface area contributed by atoms with Crippen LogP contribution in [0.5, 0.6) is 0 Å². The number of hydrogen-bond donors (Lipinski definition) is 1. The van der Waals surface area contributed by atoms with E-state index in [2.05, 4.69) is 41.4 Å². The second-order valence-electron chi connectivity index (χ2n) is 6.56.